The second-order valence-corrected chi connectivity index (χ2v) is 12.0. The molecule has 2 amide bonds. The number of amides is 2. The van der Waals surface area contributed by atoms with Gasteiger partial charge in [-0.3, -0.25) is 14.5 Å². The highest BCUT2D eigenvalue weighted by atomic mass is 32.2. The highest BCUT2D eigenvalue weighted by Crippen LogP contribution is 2.48. The number of ether oxygens (including phenoxy) is 1. The minimum Gasteiger partial charge on any atom is -0.383 e. The second kappa shape index (κ2) is 10.8. The Bertz CT molecular complexity index is 1240. The van der Waals surface area contributed by atoms with E-state index in [-0.39, 0.29) is 34.8 Å². The molecule has 1 aromatic carbocycles. The summed E-state index contributed by atoms with van der Waals surface area (Å²) in [4.78, 5) is 28.2. The molecule has 1 aliphatic heterocycles. The minimum atomic E-state index is -0.275. The van der Waals surface area contributed by atoms with Crippen LogP contribution in [0.1, 0.15) is 54.0 Å². The average molecular weight is 527 g/mol. The van der Waals surface area contributed by atoms with Gasteiger partial charge in [0, 0.05) is 24.6 Å². The lowest BCUT2D eigenvalue weighted by Gasteiger charge is -2.24. The number of carbonyl (C=O) groups excluding carboxylic acids is 2. The highest BCUT2D eigenvalue weighted by molar-refractivity contribution is 8.00. The molecule has 0 radical (unpaired) electrons. The Kier molecular flexibility index (Phi) is 7.92. The predicted octanol–water partition coefficient (Wildman–Crippen LogP) is 4.78. The van der Waals surface area contributed by atoms with Crippen LogP contribution in [-0.2, 0) is 19.7 Å². The predicted molar refractivity (Wildman–Crippen MR) is 148 cm³/mol. The zero-order valence-corrected chi connectivity index (χ0v) is 23.4. The van der Waals surface area contributed by atoms with Crippen LogP contribution < -0.4 is 10.2 Å². The molecule has 0 fully saturated rings. The molecule has 0 saturated heterocycles. The summed E-state index contributed by atoms with van der Waals surface area (Å²) >= 11 is 3.24. The third-order valence-electron chi connectivity index (χ3n) is 6.16. The number of rotatable bonds is 7. The minimum absolute atomic E-state index is 0.0644. The van der Waals surface area contributed by atoms with E-state index in [0.717, 1.165) is 33.6 Å². The number of hydrogen-bond donors (Lipinski definition) is 1. The summed E-state index contributed by atoms with van der Waals surface area (Å²) in [6.45, 7) is 11.3. The summed E-state index contributed by atoms with van der Waals surface area (Å²) in [6.07, 6.45) is 0. The quantitative estimate of drug-likeness (QED) is 0.449. The number of thiophene rings is 1. The molecule has 1 N–H and O–H groups in total. The zero-order valence-electron chi connectivity index (χ0n) is 21.8. The number of benzene rings is 1. The van der Waals surface area contributed by atoms with Crippen molar-refractivity contribution in [1.29, 1.82) is 0 Å². The van der Waals surface area contributed by atoms with E-state index in [2.05, 4.69) is 68.9 Å². The standard InChI is InChI=1S/C27H34N4O3S2/c1-17-7-8-20(18(2)13-17)31-26-23(25(29-31)27(3,4)5)24(19-9-12-35-15-19)36-16-22(33)30(26)14-21(32)28-10-11-34-6/h7-9,12-13,15,24H,10-11,14,16H2,1-6H3,(H,28,32)/t24-/m1/s1. The summed E-state index contributed by atoms with van der Waals surface area (Å²) in [5.74, 6) is 0.625. The smallest absolute Gasteiger partial charge is 0.240 e. The van der Waals surface area contributed by atoms with Gasteiger partial charge in [0.2, 0.25) is 11.8 Å². The summed E-state index contributed by atoms with van der Waals surface area (Å²) in [7, 11) is 1.59. The summed E-state index contributed by atoms with van der Waals surface area (Å²) in [5, 5.41) is 12.2. The van der Waals surface area contributed by atoms with E-state index >= 15 is 0 Å². The molecule has 4 rings (SSSR count). The highest BCUT2D eigenvalue weighted by Gasteiger charge is 2.40. The molecule has 3 aromatic rings. The first-order chi connectivity index (χ1) is 17.1. The molecule has 192 valence electrons. The largest absolute Gasteiger partial charge is 0.383 e. The van der Waals surface area contributed by atoms with Crippen molar-refractivity contribution in [1.82, 2.24) is 15.1 Å². The SMILES string of the molecule is COCCNC(=O)CN1C(=O)CS[C@H](c2ccsc2)c2c(C(C)(C)C)nn(-c3ccc(C)cc3C)c21. The fourth-order valence-electron chi connectivity index (χ4n) is 4.46. The zero-order chi connectivity index (χ0) is 26.0. The van der Waals surface area contributed by atoms with E-state index in [0.29, 0.717) is 19.0 Å². The van der Waals surface area contributed by atoms with Gasteiger partial charge in [-0.2, -0.15) is 16.4 Å². The molecule has 0 spiro atoms. The Morgan fingerprint density at radius 1 is 1.25 bits per heavy atom. The van der Waals surface area contributed by atoms with Crippen molar-refractivity contribution < 1.29 is 14.3 Å². The lowest BCUT2D eigenvalue weighted by Crippen LogP contribution is -2.43. The van der Waals surface area contributed by atoms with Gasteiger partial charge in [0.15, 0.2) is 0 Å². The molecule has 0 aliphatic carbocycles. The van der Waals surface area contributed by atoms with Gasteiger partial charge in [-0.25, -0.2) is 4.68 Å². The molecule has 3 heterocycles. The number of carbonyl (C=O) groups is 2. The van der Waals surface area contributed by atoms with E-state index in [1.54, 1.807) is 35.1 Å². The van der Waals surface area contributed by atoms with Crippen molar-refractivity contribution in [2.24, 2.45) is 0 Å². The molecule has 0 unspecified atom stereocenters. The van der Waals surface area contributed by atoms with Gasteiger partial charge in [-0.05, 0) is 47.9 Å². The number of anilines is 1. The number of methoxy groups -OCH3 is 1. The average Bonchev–Trinajstić information content (AvgIpc) is 3.44. The van der Waals surface area contributed by atoms with E-state index in [4.69, 9.17) is 9.84 Å². The van der Waals surface area contributed by atoms with Crippen LogP contribution in [-0.4, -0.2) is 54.2 Å². The first-order valence-corrected chi connectivity index (χ1v) is 14.0. The van der Waals surface area contributed by atoms with Gasteiger partial charge in [-0.15, -0.1) is 11.8 Å². The number of fused-ring (bicyclic) bond motifs is 1. The van der Waals surface area contributed by atoms with Crippen LogP contribution in [0.25, 0.3) is 5.69 Å². The van der Waals surface area contributed by atoms with Crippen LogP contribution in [0.15, 0.2) is 35.0 Å². The molecular weight excluding hydrogens is 492 g/mol. The molecule has 36 heavy (non-hydrogen) atoms. The van der Waals surface area contributed by atoms with Crippen molar-refractivity contribution in [2.75, 3.05) is 37.5 Å². The molecule has 7 nitrogen and oxygen atoms in total. The maximum Gasteiger partial charge on any atom is 0.240 e. The van der Waals surface area contributed by atoms with Gasteiger partial charge in [-0.1, -0.05) is 38.5 Å². The number of aromatic nitrogens is 2. The van der Waals surface area contributed by atoms with Crippen LogP contribution >= 0.6 is 23.1 Å². The van der Waals surface area contributed by atoms with Crippen molar-refractivity contribution in [3.05, 3.63) is 63.0 Å². The Morgan fingerprint density at radius 2 is 2.03 bits per heavy atom. The van der Waals surface area contributed by atoms with Crippen molar-refractivity contribution >= 4 is 40.7 Å². The Labute approximate surface area is 221 Å². The van der Waals surface area contributed by atoms with E-state index in [9.17, 15) is 9.59 Å². The Morgan fingerprint density at radius 3 is 2.67 bits per heavy atom. The first kappa shape index (κ1) is 26.4. The molecule has 2 aromatic heterocycles. The summed E-state index contributed by atoms with van der Waals surface area (Å²) in [6, 6.07) is 8.33. The van der Waals surface area contributed by atoms with Crippen molar-refractivity contribution in [2.45, 2.75) is 45.3 Å². The van der Waals surface area contributed by atoms with Crippen LogP contribution in [0, 0.1) is 13.8 Å². The maximum atomic E-state index is 13.6. The lowest BCUT2D eigenvalue weighted by molar-refractivity contribution is -0.123. The van der Waals surface area contributed by atoms with Gasteiger partial charge in [0.1, 0.15) is 12.4 Å². The number of nitrogens with zero attached hydrogens (tertiary/aromatic N) is 3. The van der Waals surface area contributed by atoms with Crippen LogP contribution in [0.4, 0.5) is 5.82 Å². The van der Waals surface area contributed by atoms with Crippen LogP contribution in [0.2, 0.25) is 0 Å². The third-order valence-corrected chi connectivity index (χ3v) is 8.11. The third kappa shape index (κ3) is 5.38. The van der Waals surface area contributed by atoms with Gasteiger partial charge < -0.3 is 10.1 Å². The monoisotopic (exact) mass is 526 g/mol. The Hall–Kier alpha value is -2.62. The van der Waals surface area contributed by atoms with E-state index < -0.39 is 0 Å². The van der Waals surface area contributed by atoms with E-state index in [1.807, 2.05) is 10.7 Å². The normalized spacial score (nSPS) is 16.1. The fourth-order valence-corrected chi connectivity index (χ4v) is 6.42. The molecular formula is C27H34N4O3S2. The molecule has 9 heteroatoms. The van der Waals surface area contributed by atoms with Crippen molar-refractivity contribution in [3.63, 3.8) is 0 Å². The van der Waals surface area contributed by atoms with Gasteiger partial charge in [0.05, 0.1) is 29.0 Å². The Balaban J connectivity index is 1.96. The summed E-state index contributed by atoms with van der Waals surface area (Å²) in [5.41, 5.74) is 5.92. The van der Waals surface area contributed by atoms with Crippen molar-refractivity contribution in [3.8, 4) is 5.69 Å². The first-order valence-electron chi connectivity index (χ1n) is 12.0. The number of aryl methyl sites for hydroxylation is 2. The molecule has 0 bridgehead atoms. The van der Waals surface area contributed by atoms with Crippen LogP contribution in [0.3, 0.4) is 0 Å². The number of nitrogens with one attached hydrogen (secondary N) is 1. The van der Waals surface area contributed by atoms with Crippen LogP contribution in [0.5, 0.6) is 0 Å². The number of hydrogen-bond acceptors (Lipinski definition) is 6. The topological polar surface area (TPSA) is 76.5 Å². The molecule has 1 aliphatic rings. The van der Waals surface area contributed by atoms with E-state index in [1.165, 1.54) is 0 Å². The fraction of sp³-hybridized carbons (Fsp3) is 0.444. The van der Waals surface area contributed by atoms with Gasteiger partial charge >= 0.3 is 0 Å². The molecule has 1 atom stereocenters. The number of thioether (sulfide) groups is 1. The maximum absolute atomic E-state index is 13.6. The summed E-state index contributed by atoms with van der Waals surface area (Å²) < 4.78 is 6.95. The lowest BCUT2D eigenvalue weighted by atomic mass is 9.87. The molecule has 0 saturated carbocycles. The van der Waals surface area contributed by atoms with Gasteiger partial charge in [0.25, 0.3) is 0 Å². The second-order valence-electron chi connectivity index (χ2n) is 10.1.